The number of rotatable bonds is 7. The van der Waals surface area contributed by atoms with Crippen LogP contribution in [0.3, 0.4) is 0 Å². The Morgan fingerprint density at radius 3 is 1.74 bits per heavy atom. The predicted molar refractivity (Wildman–Crippen MR) is 110 cm³/mol. The van der Waals surface area contributed by atoms with Crippen LogP contribution in [0.25, 0.3) is 0 Å². The maximum atomic E-state index is 14.4. The van der Waals surface area contributed by atoms with Gasteiger partial charge < -0.3 is 18.8 Å². The summed E-state index contributed by atoms with van der Waals surface area (Å²) in [5, 5.41) is 1.56. The first-order chi connectivity index (χ1) is 13.1. The lowest BCUT2D eigenvalue weighted by Crippen LogP contribution is -2.18. The zero-order valence-electron chi connectivity index (χ0n) is 15.7. The van der Waals surface area contributed by atoms with E-state index in [0.29, 0.717) is 17.7 Å². The highest BCUT2D eigenvalue weighted by molar-refractivity contribution is 7.78. The maximum Gasteiger partial charge on any atom is 0.147 e. The third-order valence-corrected chi connectivity index (χ3v) is 7.60. The third kappa shape index (κ3) is 3.86. The molecule has 27 heavy (non-hydrogen) atoms. The molecule has 0 aliphatic carbocycles. The number of benzene rings is 3. The highest BCUT2D eigenvalue weighted by atomic mass is 31.2. The molecule has 0 fully saturated rings. The van der Waals surface area contributed by atoms with Crippen LogP contribution in [0, 0.1) is 0 Å². The molecule has 0 N–H and O–H groups in total. The lowest BCUT2D eigenvalue weighted by atomic mass is 10.2. The van der Waals surface area contributed by atoms with Crippen molar-refractivity contribution in [2.45, 2.75) is 6.16 Å². The van der Waals surface area contributed by atoms with Crippen LogP contribution >= 0.6 is 7.14 Å². The monoisotopic (exact) mass is 382 g/mol. The fraction of sp³-hybridized carbons (Fsp3) is 0.182. The molecule has 3 rings (SSSR count). The van der Waals surface area contributed by atoms with E-state index in [9.17, 15) is 4.57 Å². The van der Waals surface area contributed by atoms with Gasteiger partial charge in [0.25, 0.3) is 0 Å². The smallest absolute Gasteiger partial charge is 0.147 e. The molecule has 0 aliphatic heterocycles. The topological polar surface area (TPSA) is 44.8 Å². The average molecular weight is 382 g/mol. The number of hydrogen-bond acceptors (Lipinski definition) is 4. The van der Waals surface area contributed by atoms with Crippen molar-refractivity contribution in [3.05, 3.63) is 78.4 Å². The molecule has 1 atom stereocenters. The summed E-state index contributed by atoms with van der Waals surface area (Å²) >= 11 is 0. The van der Waals surface area contributed by atoms with Crippen molar-refractivity contribution in [3.8, 4) is 17.2 Å². The van der Waals surface area contributed by atoms with E-state index in [-0.39, 0.29) is 0 Å². The zero-order chi connectivity index (χ0) is 19.3. The number of hydrogen-bond donors (Lipinski definition) is 0. The van der Waals surface area contributed by atoms with Gasteiger partial charge in [-0.15, -0.1) is 0 Å². The largest absolute Gasteiger partial charge is 0.497 e. The van der Waals surface area contributed by atoms with Crippen molar-refractivity contribution in [2.24, 2.45) is 0 Å². The molecule has 1 unspecified atom stereocenters. The van der Waals surface area contributed by atoms with E-state index in [4.69, 9.17) is 14.2 Å². The second kappa shape index (κ2) is 8.32. The van der Waals surface area contributed by atoms with Gasteiger partial charge in [0.05, 0.1) is 21.3 Å². The molecule has 5 heteroatoms. The Kier molecular flexibility index (Phi) is 5.88. The number of methoxy groups -OCH3 is 3. The quantitative estimate of drug-likeness (QED) is 0.574. The molecule has 0 amide bonds. The van der Waals surface area contributed by atoms with Gasteiger partial charge in [-0.2, -0.15) is 0 Å². The van der Waals surface area contributed by atoms with Crippen LogP contribution in [-0.2, 0) is 10.7 Å². The minimum atomic E-state index is -2.97. The highest BCUT2D eigenvalue weighted by Gasteiger charge is 2.30. The summed E-state index contributed by atoms with van der Waals surface area (Å²) in [4.78, 5) is 0. The zero-order valence-corrected chi connectivity index (χ0v) is 16.6. The van der Waals surface area contributed by atoms with Gasteiger partial charge in [0.15, 0.2) is 0 Å². The predicted octanol–water partition coefficient (Wildman–Crippen LogP) is 4.23. The van der Waals surface area contributed by atoms with Crippen molar-refractivity contribution >= 4 is 17.8 Å². The van der Waals surface area contributed by atoms with Gasteiger partial charge in [0.1, 0.15) is 24.4 Å². The minimum Gasteiger partial charge on any atom is -0.497 e. The van der Waals surface area contributed by atoms with Crippen LogP contribution in [0.15, 0.2) is 72.8 Å². The molecule has 0 spiro atoms. The van der Waals surface area contributed by atoms with E-state index in [2.05, 4.69) is 0 Å². The molecule has 3 aromatic rings. The number of ether oxygens (including phenoxy) is 3. The van der Waals surface area contributed by atoms with Gasteiger partial charge in [-0.05, 0) is 36.4 Å². The van der Waals surface area contributed by atoms with E-state index in [1.165, 1.54) is 0 Å². The molecule has 0 aliphatic rings. The van der Waals surface area contributed by atoms with Gasteiger partial charge in [0, 0.05) is 22.3 Å². The first-order valence-corrected chi connectivity index (χ1v) is 10.5. The fourth-order valence-corrected chi connectivity index (χ4v) is 5.83. The van der Waals surface area contributed by atoms with Crippen molar-refractivity contribution in [1.82, 2.24) is 0 Å². The molecule has 0 saturated heterocycles. The van der Waals surface area contributed by atoms with Crippen LogP contribution in [0.5, 0.6) is 17.2 Å². The Morgan fingerprint density at radius 1 is 0.667 bits per heavy atom. The van der Waals surface area contributed by atoms with Crippen molar-refractivity contribution in [1.29, 1.82) is 0 Å². The molecule has 0 saturated carbocycles. The molecule has 140 valence electrons. The van der Waals surface area contributed by atoms with E-state index in [1.807, 2.05) is 72.8 Å². The van der Waals surface area contributed by atoms with Crippen LogP contribution in [-0.4, -0.2) is 21.3 Å². The Labute approximate surface area is 160 Å². The molecule has 0 aromatic heterocycles. The van der Waals surface area contributed by atoms with Gasteiger partial charge in [-0.3, -0.25) is 0 Å². The fourth-order valence-electron chi connectivity index (χ4n) is 3.13. The van der Waals surface area contributed by atoms with E-state index in [1.54, 1.807) is 21.3 Å². The van der Waals surface area contributed by atoms with Gasteiger partial charge >= 0.3 is 0 Å². The lowest BCUT2D eigenvalue weighted by molar-refractivity contribution is 0.387. The summed E-state index contributed by atoms with van der Waals surface area (Å²) in [6.07, 6.45) is 0.302. The summed E-state index contributed by atoms with van der Waals surface area (Å²) < 4.78 is 30.7. The van der Waals surface area contributed by atoms with Gasteiger partial charge in [-0.25, -0.2) is 0 Å². The summed E-state index contributed by atoms with van der Waals surface area (Å²) in [6.45, 7) is 0. The first-order valence-electron chi connectivity index (χ1n) is 8.61. The SMILES string of the molecule is COc1ccc(P(=O)(Cc2c(OC)cccc2OC)c2ccccc2)cc1. The second-order valence-corrected chi connectivity index (χ2v) is 8.90. The molecule has 0 radical (unpaired) electrons. The second-order valence-electron chi connectivity index (χ2n) is 6.07. The van der Waals surface area contributed by atoms with E-state index in [0.717, 1.165) is 21.9 Å². The Morgan fingerprint density at radius 2 is 1.22 bits per heavy atom. The van der Waals surface area contributed by atoms with Crippen LogP contribution in [0.1, 0.15) is 5.56 Å². The first kappa shape index (κ1) is 19.1. The average Bonchev–Trinajstić information content (AvgIpc) is 2.74. The Balaban J connectivity index is 2.16. The van der Waals surface area contributed by atoms with Crippen molar-refractivity contribution < 1.29 is 18.8 Å². The van der Waals surface area contributed by atoms with Crippen molar-refractivity contribution in [2.75, 3.05) is 21.3 Å². The molecular weight excluding hydrogens is 359 g/mol. The summed E-state index contributed by atoms with van der Waals surface area (Å²) in [5.74, 6) is 2.06. The molecule has 3 aromatic carbocycles. The van der Waals surface area contributed by atoms with E-state index >= 15 is 0 Å². The Bertz CT molecular complexity index is 914. The van der Waals surface area contributed by atoms with Crippen LogP contribution in [0.2, 0.25) is 0 Å². The third-order valence-electron chi connectivity index (χ3n) is 4.57. The van der Waals surface area contributed by atoms with Crippen molar-refractivity contribution in [3.63, 3.8) is 0 Å². The van der Waals surface area contributed by atoms with Crippen LogP contribution < -0.4 is 24.8 Å². The normalized spacial score (nSPS) is 12.9. The standard InChI is InChI=1S/C22H23O4P/c1-24-17-12-14-19(15-13-17)27(23,18-8-5-4-6-9-18)16-20-21(25-2)10-7-11-22(20)26-3/h4-15H,16H2,1-3H3. The minimum absolute atomic E-state index is 0.302. The lowest BCUT2D eigenvalue weighted by Gasteiger charge is -2.22. The van der Waals surface area contributed by atoms with E-state index < -0.39 is 7.14 Å². The molecular formula is C22H23O4P. The maximum absolute atomic E-state index is 14.4. The summed E-state index contributed by atoms with van der Waals surface area (Å²) in [7, 11) is 1.86. The summed E-state index contributed by atoms with van der Waals surface area (Å²) in [5.41, 5.74) is 0.797. The highest BCUT2D eigenvalue weighted by Crippen LogP contribution is 2.50. The molecule has 0 bridgehead atoms. The van der Waals surface area contributed by atoms with Crippen LogP contribution in [0.4, 0.5) is 0 Å². The Hall–Kier alpha value is -2.71. The van der Waals surface area contributed by atoms with Gasteiger partial charge in [0.2, 0.25) is 0 Å². The summed E-state index contributed by atoms with van der Waals surface area (Å²) in [6, 6.07) is 22.6. The molecule has 4 nitrogen and oxygen atoms in total. The van der Waals surface area contributed by atoms with Gasteiger partial charge in [-0.1, -0.05) is 36.4 Å². The molecule has 0 heterocycles.